The molecule has 0 spiro atoms. The van der Waals surface area contributed by atoms with Crippen molar-refractivity contribution in [3.05, 3.63) is 40.0 Å². The van der Waals surface area contributed by atoms with E-state index in [1.54, 1.807) is 11.3 Å². The molecule has 0 saturated carbocycles. The molecule has 2 aromatic rings. The number of pyridine rings is 1. The fourth-order valence-corrected chi connectivity index (χ4v) is 3.29. The van der Waals surface area contributed by atoms with Crippen LogP contribution >= 0.6 is 11.3 Å². The highest BCUT2D eigenvalue weighted by atomic mass is 32.1. The predicted molar refractivity (Wildman–Crippen MR) is 94.4 cm³/mol. The van der Waals surface area contributed by atoms with Crippen molar-refractivity contribution in [1.82, 2.24) is 14.9 Å². The van der Waals surface area contributed by atoms with Crippen molar-refractivity contribution in [2.75, 3.05) is 38.7 Å². The highest BCUT2D eigenvalue weighted by Gasteiger charge is 2.26. The number of carbonyl (C=O) groups is 1. The van der Waals surface area contributed by atoms with Crippen LogP contribution in [0, 0.1) is 6.92 Å². The smallest absolute Gasteiger partial charge is 0.228 e. The summed E-state index contributed by atoms with van der Waals surface area (Å²) in [5, 5.41) is 2.94. The van der Waals surface area contributed by atoms with Gasteiger partial charge in [-0.15, -0.1) is 11.3 Å². The predicted octanol–water partition coefficient (Wildman–Crippen LogP) is 2.06. The van der Waals surface area contributed by atoms with E-state index in [0.29, 0.717) is 26.1 Å². The third-order valence-corrected chi connectivity index (χ3v) is 4.78. The van der Waals surface area contributed by atoms with Gasteiger partial charge in [0, 0.05) is 26.0 Å². The third-order valence-electron chi connectivity index (χ3n) is 3.96. The van der Waals surface area contributed by atoms with Gasteiger partial charge >= 0.3 is 0 Å². The van der Waals surface area contributed by atoms with Gasteiger partial charge in [0.05, 0.1) is 36.0 Å². The van der Waals surface area contributed by atoms with Gasteiger partial charge in [0.15, 0.2) is 0 Å². The Kier molecular flexibility index (Phi) is 5.11. The fraction of sp³-hybridized carbons (Fsp3) is 0.471. The fourth-order valence-electron chi connectivity index (χ4n) is 2.68. The number of anilines is 1. The molecule has 2 aromatic heterocycles. The largest absolute Gasteiger partial charge is 0.368 e. The van der Waals surface area contributed by atoms with Crippen molar-refractivity contribution in [2.45, 2.75) is 19.4 Å². The van der Waals surface area contributed by atoms with Crippen molar-refractivity contribution in [3.8, 4) is 0 Å². The molecule has 7 heteroatoms. The minimum absolute atomic E-state index is 0.0948. The molecule has 0 radical (unpaired) electrons. The number of aromatic nitrogens is 2. The molecule has 1 unspecified atom stereocenters. The second kappa shape index (κ2) is 7.27. The summed E-state index contributed by atoms with van der Waals surface area (Å²) in [6.07, 6.45) is 0.169. The number of carbonyl (C=O) groups excluding carboxylic acids is 1. The molecule has 0 aliphatic carbocycles. The van der Waals surface area contributed by atoms with E-state index >= 15 is 0 Å². The minimum atomic E-state index is -0.181. The molecular weight excluding hydrogens is 324 g/mol. The molecular formula is C17H22N4O2S. The van der Waals surface area contributed by atoms with Crippen LogP contribution < -0.4 is 4.90 Å². The highest BCUT2D eigenvalue weighted by molar-refractivity contribution is 7.09. The molecule has 1 aliphatic heterocycles. The number of rotatable bonds is 4. The Morgan fingerprint density at radius 2 is 2.25 bits per heavy atom. The minimum Gasteiger partial charge on any atom is -0.368 e. The molecule has 0 aromatic carbocycles. The van der Waals surface area contributed by atoms with E-state index in [9.17, 15) is 4.79 Å². The summed E-state index contributed by atoms with van der Waals surface area (Å²) in [5.74, 6) is 0.981. The molecule has 3 rings (SSSR count). The molecule has 24 heavy (non-hydrogen) atoms. The van der Waals surface area contributed by atoms with Crippen LogP contribution in [-0.2, 0) is 16.0 Å². The first-order valence-corrected chi connectivity index (χ1v) is 8.85. The van der Waals surface area contributed by atoms with E-state index in [0.717, 1.165) is 22.2 Å². The summed E-state index contributed by atoms with van der Waals surface area (Å²) in [5.41, 5.74) is 1.71. The summed E-state index contributed by atoms with van der Waals surface area (Å²) >= 11 is 1.57. The number of nitrogens with zero attached hydrogens (tertiary/aromatic N) is 4. The molecule has 0 N–H and O–H groups in total. The zero-order valence-corrected chi connectivity index (χ0v) is 15.0. The Bertz CT molecular complexity index is 716. The van der Waals surface area contributed by atoms with Crippen molar-refractivity contribution in [1.29, 1.82) is 0 Å². The molecule has 1 saturated heterocycles. The molecule has 0 bridgehead atoms. The standard InChI is InChI=1S/C17H22N4O2S/c1-12-18-13(11-24-12)9-17(22)21-7-8-23-15(10-21)14-5-4-6-16(19-14)20(2)3/h4-6,11,15H,7-10H2,1-3H3. The van der Waals surface area contributed by atoms with E-state index in [1.165, 1.54) is 0 Å². The normalized spacial score (nSPS) is 17.8. The van der Waals surface area contributed by atoms with E-state index < -0.39 is 0 Å². The monoisotopic (exact) mass is 346 g/mol. The Hall–Kier alpha value is -1.99. The summed E-state index contributed by atoms with van der Waals surface area (Å²) in [6, 6.07) is 5.88. The van der Waals surface area contributed by atoms with Crippen LogP contribution in [0.4, 0.5) is 5.82 Å². The van der Waals surface area contributed by atoms with E-state index in [1.807, 2.05) is 54.4 Å². The number of amides is 1. The Morgan fingerprint density at radius 1 is 1.42 bits per heavy atom. The van der Waals surface area contributed by atoms with Crippen LogP contribution in [0.3, 0.4) is 0 Å². The van der Waals surface area contributed by atoms with Gasteiger partial charge in [-0.05, 0) is 19.1 Å². The van der Waals surface area contributed by atoms with E-state index in [4.69, 9.17) is 4.74 Å². The third kappa shape index (κ3) is 3.91. The number of ether oxygens (including phenoxy) is 1. The maximum atomic E-state index is 12.5. The van der Waals surface area contributed by atoms with Gasteiger partial charge in [-0.1, -0.05) is 6.07 Å². The van der Waals surface area contributed by atoms with Gasteiger partial charge in [-0.3, -0.25) is 4.79 Å². The highest BCUT2D eigenvalue weighted by Crippen LogP contribution is 2.23. The molecule has 3 heterocycles. The summed E-state index contributed by atoms with van der Waals surface area (Å²) in [6.45, 7) is 3.63. The second-order valence-electron chi connectivity index (χ2n) is 6.05. The van der Waals surface area contributed by atoms with Gasteiger partial charge in [-0.2, -0.15) is 0 Å². The lowest BCUT2D eigenvalue weighted by atomic mass is 10.1. The molecule has 1 amide bonds. The van der Waals surface area contributed by atoms with Crippen LogP contribution in [-0.4, -0.2) is 54.6 Å². The van der Waals surface area contributed by atoms with Crippen LogP contribution in [0.5, 0.6) is 0 Å². The van der Waals surface area contributed by atoms with Gasteiger partial charge in [0.2, 0.25) is 5.91 Å². The van der Waals surface area contributed by atoms with E-state index in [-0.39, 0.29) is 12.0 Å². The van der Waals surface area contributed by atoms with Gasteiger partial charge in [-0.25, -0.2) is 9.97 Å². The Balaban J connectivity index is 1.67. The van der Waals surface area contributed by atoms with E-state index in [2.05, 4.69) is 9.97 Å². The molecule has 6 nitrogen and oxygen atoms in total. The average molecular weight is 346 g/mol. The lowest BCUT2D eigenvalue weighted by molar-refractivity contribution is -0.138. The first-order valence-electron chi connectivity index (χ1n) is 7.97. The average Bonchev–Trinajstić information content (AvgIpc) is 3.00. The zero-order valence-electron chi connectivity index (χ0n) is 14.2. The molecule has 1 atom stereocenters. The van der Waals surface area contributed by atoms with Crippen molar-refractivity contribution in [2.24, 2.45) is 0 Å². The number of hydrogen-bond acceptors (Lipinski definition) is 6. The van der Waals surface area contributed by atoms with Gasteiger partial charge in [0.1, 0.15) is 11.9 Å². The maximum Gasteiger partial charge on any atom is 0.228 e. The maximum absolute atomic E-state index is 12.5. The van der Waals surface area contributed by atoms with Crippen molar-refractivity contribution >= 4 is 23.1 Å². The Morgan fingerprint density at radius 3 is 2.96 bits per heavy atom. The summed E-state index contributed by atoms with van der Waals surface area (Å²) in [7, 11) is 3.92. The summed E-state index contributed by atoms with van der Waals surface area (Å²) in [4.78, 5) is 25.4. The van der Waals surface area contributed by atoms with Crippen LogP contribution in [0.2, 0.25) is 0 Å². The first-order chi connectivity index (χ1) is 11.5. The SMILES string of the molecule is Cc1nc(CC(=O)N2CCOC(c3cccc(N(C)C)n3)C2)cs1. The van der Waals surface area contributed by atoms with Gasteiger partial charge in [0.25, 0.3) is 0 Å². The second-order valence-corrected chi connectivity index (χ2v) is 7.11. The molecule has 1 fully saturated rings. The van der Waals surface area contributed by atoms with Crippen LogP contribution in [0.25, 0.3) is 0 Å². The van der Waals surface area contributed by atoms with Gasteiger partial charge < -0.3 is 14.5 Å². The number of thiazole rings is 1. The first kappa shape index (κ1) is 16.9. The molecule has 1 aliphatic rings. The number of hydrogen-bond donors (Lipinski definition) is 0. The lowest BCUT2D eigenvalue weighted by Crippen LogP contribution is -2.43. The summed E-state index contributed by atoms with van der Waals surface area (Å²) < 4.78 is 5.84. The lowest BCUT2D eigenvalue weighted by Gasteiger charge is -2.33. The quantitative estimate of drug-likeness (QED) is 0.848. The van der Waals surface area contributed by atoms with Crippen molar-refractivity contribution in [3.63, 3.8) is 0 Å². The van der Waals surface area contributed by atoms with Crippen LogP contribution in [0.15, 0.2) is 23.6 Å². The molecule has 128 valence electrons. The van der Waals surface area contributed by atoms with Crippen LogP contribution in [0.1, 0.15) is 22.5 Å². The topological polar surface area (TPSA) is 58.6 Å². The number of morpholine rings is 1. The Labute approximate surface area is 146 Å². The zero-order chi connectivity index (χ0) is 17.1. The van der Waals surface area contributed by atoms with Crippen molar-refractivity contribution < 1.29 is 9.53 Å². The number of aryl methyl sites for hydroxylation is 1.